The molecule has 2 aromatic rings. The Labute approximate surface area is 152 Å². The van der Waals surface area contributed by atoms with Gasteiger partial charge in [-0.3, -0.25) is 4.57 Å². The summed E-state index contributed by atoms with van der Waals surface area (Å²) < 4.78 is 21.9. The second-order valence-corrected chi connectivity index (χ2v) is 8.31. The Morgan fingerprint density at radius 3 is 2.54 bits per heavy atom. The topological polar surface area (TPSA) is 105 Å². The highest BCUT2D eigenvalue weighted by Gasteiger charge is 2.24. The van der Waals surface area contributed by atoms with E-state index in [2.05, 4.69) is 14.9 Å². The maximum absolute atomic E-state index is 11.1. The van der Waals surface area contributed by atoms with Gasteiger partial charge in [-0.15, -0.1) is 0 Å². The molecule has 8 nitrogen and oxygen atoms in total. The lowest BCUT2D eigenvalue weighted by Gasteiger charge is -2.33. The van der Waals surface area contributed by atoms with E-state index < -0.39 is 7.60 Å². The molecular weight excluding hydrogens is 357 g/mol. The second kappa shape index (κ2) is 7.78. The van der Waals surface area contributed by atoms with Crippen LogP contribution in [-0.2, 0) is 4.57 Å². The van der Waals surface area contributed by atoms with Gasteiger partial charge in [-0.05, 0) is 31.2 Å². The van der Waals surface area contributed by atoms with Crippen LogP contribution < -0.4 is 14.4 Å². The van der Waals surface area contributed by atoms with Crippen LogP contribution in [0.2, 0.25) is 0 Å². The highest BCUT2D eigenvalue weighted by Crippen LogP contribution is 2.39. The molecule has 0 unspecified atom stereocenters. The van der Waals surface area contributed by atoms with Gasteiger partial charge in [-0.25, -0.2) is 9.97 Å². The Morgan fingerprint density at radius 2 is 1.92 bits per heavy atom. The molecular formula is C17H24N3O5P. The second-order valence-electron chi connectivity index (χ2n) is 6.53. The molecule has 0 spiro atoms. The summed E-state index contributed by atoms with van der Waals surface area (Å²) in [5.41, 5.74) is 0.738. The zero-order chi connectivity index (χ0) is 18.7. The summed E-state index contributed by atoms with van der Waals surface area (Å²) in [7, 11) is -0.711. The number of hydrogen-bond donors (Lipinski definition) is 2. The van der Waals surface area contributed by atoms with Crippen molar-refractivity contribution in [2.45, 2.75) is 19.3 Å². The fourth-order valence-corrected chi connectivity index (χ4v) is 4.11. The maximum atomic E-state index is 11.1. The molecule has 3 rings (SSSR count). The Hall–Kier alpha value is -1.89. The molecule has 26 heavy (non-hydrogen) atoms. The van der Waals surface area contributed by atoms with E-state index in [0.29, 0.717) is 23.8 Å². The first-order chi connectivity index (χ1) is 12.4. The number of benzene rings is 1. The summed E-state index contributed by atoms with van der Waals surface area (Å²) in [4.78, 5) is 29.1. The number of aromatic nitrogens is 2. The molecule has 0 atom stereocenters. The van der Waals surface area contributed by atoms with Crippen LogP contribution in [0.1, 0.15) is 19.3 Å². The molecule has 1 aromatic carbocycles. The van der Waals surface area contributed by atoms with Crippen molar-refractivity contribution in [2.75, 3.05) is 38.4 Å². The third-order valence-electron chi connectivity index (χ3n) is 4.85. The summed E-state index contributed by atoms with van der Waals surface area (Å²) in [6.07, 6.45) is 3.82. The molecule has 0 aliphatic carbocycles. The van der Waals surface area contributed by atoms with E-state index in [0.717, 1.165) is 42.7 Å². The van der Waals surface area contributed by atoms with Crippen LogP contribution in [-0.4, -0.2) is 53.2 Å². The monoisotopic (exact) mass is 381 g/mol. The van der Waals surface area contributed by atoms with Crippen molar-refractivity contribution in [1.82, 2.24) is 9.97 Å². The summed E-state index contributed by atoms with van der Waals surface area (Å²) in [6, 6.07) is 3.71. The van der Waals surface area contributed by atoms with E-state index in [4.69, 9.17) is 19.3 Å². The van der Waals surface area contributed by atoms with Crippen molar-refractivity contribution >= 4 is 24.3 Å². The van der Waals surface area contributed by atoms with Gasteiger partial charge in [-0.1, -0.05) is 0 Å². The molecule has 1 fully saturated rings. The Morgan fingerprint density at radius 1 is 1.19 bits per heavy atom. The molecule has 1 saturated heterocycles. The number of rotatable bonds is 6. The minimum Gasteiger partial charge on any atom is -0.497 e. The van der Waals surface area contributed by atoms with Gasteiger partial charge in [0.25, 0.3) is 0 Å². The lowest BCUT2D eigenvalue weighted by Crippen LogP contribution is -2.34. The molecule has 1 aliphatic rings. The number of nitrogens with zero attached hydrogens (tertiary/aromatic N) is 3. The molecule has 2 N–H and O–H groups in total. The number of ether oxygens (including phenoxy) is 2. The van der Waals surface area contributed by atoms with Crippen LogP contribution in [0.15, 0.2) is 18.5 Å². The van der Waals surface area contributed by atoms with Gasteiger partial charge in [0.05, 0.1) is 25.8 Å². The number of anilines is 1. The predicted octanol–water partition coefficient (Wildman–Crippen LogP) is 2.43. The molecule has 0 amide bonds. The molecule has 2 heterocycles. The SMILES string of the molecule is COc1cc(OC)c2ncnc(N3CCC(CCP(=O)(O)O)CC3)c2c1. The first kappa shape index (κ1) is 18.9. The quantitative estimate of drug-likeness (QED) is 0.735. The van der Waals surface area contributed by atoms with Gasteiger partial charge in [0.15, 0.2) is 0 Å². The van der Waals surface area contributed by atoms with Gasteiger partial charge >= 0.3 is 7.60 Å². The van der Waals surface area contributed by atoms with Crippen molar-refractivity contribution in [1.29, 1.82) is 0 Å². The summed E-state index contributed by atoms with van der Waals surface area (Å²) >= 11 is 0. The lowest BCUT2D eigenvalue weighted by molar-refractivity contribution is 0.350. The normalized spacial score (nSPS) is 16.1. The molecule has 0 saturated carbocycles. The Balaban J connectivity index is 1.80. The smallest absolute Gasteiger partial charge is 0.325 e. The number of piperidine rings is 1. The highest BCUT2D eigenvalue weighted by atomic mass is 31.2. The van der Waals surface area contributed by atoms with Gasteiger partial charge in [0, 0.05) is 19.2 Å². The lowest BCUT2D eigenvalue weighted by atomic mass is 9.94. The minimum atomic E-state index is -3.92. The van der Waals surface area contributed by atoms with E-state index >= 15 is 0 Å². The van der Waals surface area contributed by atoms with Crippen LogP contribution in [0.5, 0.6) is 11.5 Å². The zero-order valence-corrected chi connectivity index (χ0v) is 15.9. The molecule has 0 radical (unpaired) electrons. The Bertz CT molecular complexity index is 817. The number of methoxy groups -OCH3 is 2. The van der Waals surface area contributed by atoms with E-state index in [-0.39, 0.29) is 6.16 Å². The summed E-state index contributed by atoms with van der Waals surface area (Å²) in [6.45, 7) is 1.58. The van der Waals surface area contributed by atoms with Crippen molar-refractivity contribution in [3.8, 4) is 11.5 Å². The zero-order valence-electron chi connectivity index (χ0n) is 15.0. The van der Waals surface area contributed by atoms with Crippen LogP contribution in [0, 0.1) is 5.92 Å². The average molecular weight is 381 g/mol. The van der Waals surface area contributed by atoms with Gasteiger partial charge in [0.2, 0.25) is 0 Å². The molecule has 142 valence electrons. The summed E-state index contributed by atoms with van der Waals surface area (Å²) in [5.74, 6) is 2.48. The third kappa shape index (κ3) is 4.26. The van der Waals surface area contributed by atoms with E-state index in [1.807, 2.05) is 6.07 Å². The fraction of sp³-hybridized carbons (Fsp3) is 0.529. The van der Waals surface area contributed by atoms with Crippen molar-refractivity contribution < 1.29 is 23.8 Å². The van der Waals surface area contributed by atoms with E-state index in [1.54, 1.807) is 20.3 Å². The van der Waals surface area contributed by atoms with Crippen molar-refractivity contribution in [3.63, 3.8) is 0 Å². The van der Waals surface area contributed by atoms with Crippen LogP contribution in [0.3, 0.4) is 0 Å². The predicted molar refractivity (Wildman–Crippen MR) is 99.1 cm³/mol. The van der Waals surface area contributed by atoms with Gasteiger partial charge in [-0.2, -0.15) is 0 Å². The van der Waals surface area contributed by atoms with Crippen LogP contribution in [0.4, 0.5) is 5.82 Å². The standard InChI is InChI=1S/C17H24N3O5P/c1-24-13-9-14-16(15(10-13)25-2)18-11-19-17(14)20-6-3-12(4-7-20)5-8-26(21,22)23/h9-12H,3-8H2,1-2H3,(H2,21,22,23). The van der Waals surface area contributed by atoms with Crippen molar-refractivity contribution in [3.05, 3.63) is 18.5 Å². The number of fused-ring (bicyclic) bond motifs is 1. The minimum absolute atomic E-state index is 0.0392. The van der Waals surface area contributed by atoms with E-state index in [9.17, 15) is 4.57 Å². The molecule has 9 heteroatoms. The first-order valence-electron chi connectivity index (χ1n) is 8.57. The van der Waals surface area contributed by atoms with Gasteiger partial charge in [0.1, 0.15) is 29.2 Å². The summed E-state index contributed by atoms with van der Waals surface area (Å²) in [5, 5.41) is 0.873. The molecule has 1 aromatic heterocycles. The van der Waals surface area contributed by atoms with Crippen LogP contribution >= 0.6 is 7.60 Å². The number of hydrogen-bond acceptors (Lipinski definition) is 6. The maximum Gasteiger partial charge on any atom is 0.325 e. The fourth-order valence-electron chi connectivity index (χ4n) is 3.41. The molecule has 0 bridgehead atoms. The van der Waals surface area contributed by atoms with Crippen molar-refractivity contribution in [2.24, 2.45) is 5.92 Å². The van der Waals surface area contributed by atoms with Gasteiger partial charge < -0.3 is 24.2 Å². The highest BCUT2D eigenvalue weighted by molar-refractivity contribution is 7.51. The first-order valence-corrected chi connectivity index (χ1v) is 10.4. The Kier molecular flexibility index (Phi) is 5.65. The molecule has 1 aliphatic heterocycles. The van der Waals surface area contributed by atoms with Crippen LogP contribution in [0.25, 0.3) is 10.9 Å². The van der Waals surface area contributed by atoms with E-state index in [1.165, 1.54) is 6.33 Å². The largest absolute Gasteiger partial charge is 0.497 e. The third-order valence-corrected chi connectivity index (χ3v) is 5.70. The average Bonchev–Trinajstić information content (AvgIpc) is 2.64.